The van der Waals surface area contributed by atoms with Crippen LogP contribution in [0.25, 0.3) is 0 Å². The third-order valence-electron chi connectivity index (χ3n) is 4.24. The Hall–Kier alpha value is -2.83. The number of anilines is 1. The second-order valence-corrected chi connectivity index (χ2v) is 5.77. The predicted molar refractivity (Wildman–Crippen MR) is 88.7 cm³/mol. The SMILES string of the molecule is COc1ccc(NC(=O)C(=O)NC2CCCc3c2cnn3C)cc1. The van der Waals surface area contributed by atoms with Crippen LogP contribution < -0.4 is 15.4 Å². The minimum atomic E-state index is -0.684. The van der Waals surface area contributed by atoms with E-state index in [-0.39, 0.29) is 6.04 Å². The van der Waals surface area contributed by atoms with Gasteiger partial charge >= 0.3 is 11.8 Å². The first kappa shape index (κ1) is 16.0. The number of nitrogens with one attached hydrogen (secondary N) is 2. The maximum atomic E-state index is 12.2. The van der Waals surface area contributed by atoms with Gasteiger partial charge in [-0.25, -0.2) is 0 Å². The Bertz CT molecular complexity index is 752. The van der Waals surface area contributed by atoms with E-state index in [1.165, 1.54) is 0 Å². The summed E-state index contributed by atoms with van der Waals surface area (Å²) in [6.07, 6.45) is 4.47. The van der Waals surface area contributed by atoms with Crippen LogP contribution in [-0.2, 0) is 23.1 Å². The van der Waals surface area contributed by atoms with Gasteiger partial charge in [0.2, 0.25) is 0 Å². The molecule has 1 aliphatic rings. The molecule has 0 spiro atoms. The first-order valence-electron chi connectivity index (χ1n) is 7.85. The van der Waals surface area contributed by atoms with Gasteiger partial charge in [0.1, 0.15) is 5.75 Å². The van der Waals surface area contributed by atoms with E-state index in [4.69, 9.17) is 4.74 Å². The molecule has 0 bridgehead atoms. The van der Waals surface area contributed by atoms with Crippen LogP contribution in [0.15, 0.2) is 30.5 Å². The Morgan fingerprint density at radius 2 is 2.00 bits per heavy atom. The number of hydrogen-bond acceptors (Lipinski definition) is 4. The molecule has 3 rings (SSSR count). The summed E-state index contributed by atoms with van der Waals surface area (Å²) >= 11 is 0. The second kappa shape index (κ2) is 6.74. The minimum Gasteiger partial charge on any atom is -0.497 e. The molecule has 2 amide bonds. The molecule has 0 saturated heterocycles. The number of hydrogen-bond donors (Lipinski definition) is 2. The zero-order valence-electron chi connectivity index (χ0n) is 13.7. The monoisotopic (exact) mass is 328 g/mol. The van der Waals surface area contributed by atoms with Gasteiger partial charge in [-0.3, -0.25) is 14.3 Å². The Labute approximate surface area is 140 Å². The smallest absolute Gasteiger partial charge is 0.313 e. The van der Waals surface area contributed by atoms with Crippen molar-refractivity contribution < 1.29 is 14.3 Å². The number of carbonyl (C=O) groups is 2. The Morgan fingerprint density at radius 3 is 2.71 bits per heavy atom. The van der Waals surface area contributed by atoms with Gasteiger partial charge in [-0.05, 0) is 43.5 Å². The molecule has 7 heteroatoms. The number of carbonyl (C=O) groups excluding carboxylic acids is 2. The first-order valence-corrected chi connectivity index (χ1v) is 7.85. The number of aryl methyl sites for hydroxylation is 1. The van der Waals surface area contributed by atoms with Crippen molar-refractivity contribution >= 4 is 17.5 Å². The molecular weight excluding hydrogens is 308 g/mol. The molecule has 1 unspecified atom stereocenters. The van der Waals surface area contributed by atoms with E-state index in [0.29, 0.717) is 11.4 Å². The van der Waals surface area contributed by atoms with Gasteiger partial charge in [-0.1, -0.05) is 0 Å². The quantitative estimate of drug-likeness (QED) is 0.838. The molecule has 7 nitrogen and oxygen atoms in total. The number of ether oxygens (including phenoxy) is 1. The Kier molecular flexibility index (Phi) is 4.50. The fourth-order valence-corrected chi connectivity index (χ4v) is 2.94. The van der Waals surface area contributed by atoms with Crippen molar-refractivity contribution in [1.82, 2.24) is 15.1 Å². The summed E-state index contributed by atoms with van der Waals surface area (Å²) in [6, 6.07) is 6.64. The maximum Gasteiger partial charge on any atom is 0.313 e. The van der Waals surface area contributed by atoms with E-state index >= 15 is 0 Å². The second-order valence-electron chi connectivity index (χ2n) is 5.77. The fourth-order valence-electron chi connectivity index (χ4n) is 2.94. The zero-order valence-corrected chi connectivity index (χ0v) is 13.7. The highest BCUT2D eigenvalue weighted by molar-refractivity contribution is 6.39. The van der Waals surface area contributed by atoms with E-state index in [0.717, 1.165) is 30.5 Å². The summed E-state index contributed by atoms with van der Waals surface area (Å²) in [5, 5.41) is 9.62. The lowest BCUT2D eigenvalue weighted by atomic mass is 9.93. The Morgan fingerprint density at radius 1 is 1.25 bits per heavy atom. The van der Waals surface area contributed by atoms with Crippen molar-refractivity contribution in [2.24, 2.45) is 7.05 Å². The van der Waals surface area contributed by atoms with Crippen LogP contribution in [0.4, 0.5) is 5.69 Å². The van der Waals surface area contributed by atoms with Gasteiger partial charge < -0.3 is 15.4 Å². The van der Waals surface area contributed by atoms with Crippen molar-refractivity contribution in [3.05, 3.63) is 41.7 Å². The molecule has 2 N–H and O–H groups in total. The largest absolute Gasteiger partial charge is 0.497 e. The Balaban J connectivity index is 1.63. The van der Waals surface area contributed by atoms with Gasteiger partial charge in [0, 0.05) is 24.0 Å². The molecule has 1 aromatic carbocycles. The summed E-state index contributed by atoms with van der Waals surface area (Å²) in [5.74, 6) is -0.646. The van der Waals surface area contributed by atoms with Crippen molar-refractivity contribution in [1.29, 1.82) is 0 Å². The van der Waals surface area contributed by atoms with Crippen LogP contribution in [0, 0.1) is 0 Å². The van der Waals surface area contributed by atoms with Crippen LogP contribution in [0.3, 0.4) is 0 Å². The third kappa shape index (κ3) is 3.24. The molecule has 0 radical (unpaired) electrons. The first-order chi connectivity index (χ1) is 11.6. The minimum absolute atomic E-state index is 0.170. The van der Waals surface area contributed by atoms with Gasteiger partial charge in [-0.2, -0.15) is 5.10 Å². The number of aromatic nitrogens is 2. The maximum absolute atomic E-state index is 12.2. The number of methoxy groups -OCH3 is 1. The average molecular weight is 328 g/mol. The summed E-state index contributed by atoms with van der Waals surface area (Å²) in [5.41, 5.74) is 2.65. The predicted octanol–water partition coefficient (Wildman–Crippen LogP) is 1.56. The summed E-state index contributed by atoms with van der Waals surface area (Å²) in [7, 11) is 3.46. The molecule has 2 aromatic rings. The number of rotatable bonds is 3. The molecule has 0 aliphatic heterocycles. The van der Waals surface area contributed by atoms with Gasteiger partial charge in [0.05, 0.1) is 19.3 Å². The molecule has 24 heavy (non-hydrogen) atoms. The fraction of sp³-hybridized carbons (Fsp3) is 0.353. The van der Waals surface area contributed by atoms with Crippen LogP contribution in [0.2, 0.25) is 0 Å². The van der Waals surface area contributed by atoms with Crippen LogP contribution >= 0.6 is 0 Å². The van der Waals surface area contributed by atoms with Gasteiger partial charge in [-0.15, -0.1) is 0 Å². The lowest BCUT2D eigenvalue weighted by Crippen LogP contribution is -2.38. The van der Waals surface area contributed by atoms with E-state index in [9.17, 15) is 9.59 Å². The topological polar surface area (TPSA) is 85.2 Å². The van der Waals surface area contributed by atoms with Crippen LogP contribution in [-0.4, -0.2) is 28.7 Å². The standard InChI is InChI=1S/C17H20N4O3/c1-21-15-5-3-4-14(13(15)10-18-21)20-17(23)16(22)19-11-6-8-12(24-2)9-7-11/h6-10,14H,3-5H2,1-2H3,(H,19,22)(H,20,23). The van der Waals surface area contributed by atoms with E-state index in [1.54, 1.807) is 37.6 Å². The summed E-state index contributed by atoms with van der Waals surface area (Å²) in [4.78, 5) is 24.3. The molecule has 1 heterocycles. The van der Waals surface area contributed by atoms with Crippen molar-refractivity contribution in [3.8, 4) is 5.75 Å². The lowest BCUT2D eigenvalue weighted by molar-refractivity contribution is -0.136. The van der Waals surface area contributed by atoms with Crippen molar-refractivity contribution in [2.75, 3.05) is 12.4 Å². The van der Waals surface area contributed by atoms with Gasteiger partial charge in [0.25, 0.3) is 0 Å². The molecule has 0 saturated carbocycles. The molecule has 1 aromatic heterocycles. The van der Waals surface area contributed by atoms with Crippen molar-refractivity contribution in [3.63, 3.8) is 0 Å². The summed E-state index contributed by atoms with van der Waals surface area (Å²) in [6.45, 7) is 0. The number of amides is 2. The van der Waals surface area contributed by atoms with Crippen molar-refractivity contribution in [2.45, 2.75) is 25.3 Å². The molecular formula is C17H20N4O3. The molecule has 1 atom stereocenters. The average Bonchev–Trinajstić information content (AvgIpc) is 2.98. The zero-order chi connectivity index (χ0) is 17.1. The van der Waals surface area contributed by atoms with Crippen LogP contribution in [0.1, 0.15) is 30.1 Å². The highest BCUT2D eigenvalue weighted by Gasteiger charge is 2.26. The molecule has 0 fully saturated rings. The third-order valence-corrected chi connectivity index (χ3v) is 4.24. The van der Waals surface area contributed by atoms with E-state index in [2.05, 4.69) is 15.7 Å². The highest BCUT2D eigenvalue weighted by Crippen LogP contribution is 2.29. The van der Waals surface area contributed by atoms with E-state index in [1.807, 2.05) is 11.7 Å². The number of benzene rings is 1. The number of fused-ring (bicyclic) bond motifs is 1. The number of nitrogens with zero attached hydrogens (tertiary/aromatic N) is 2. The molecule has 126 valence electrons. The van der Waals surface area contributed by atoms with Gasteiger partial charge in [0.15, 0.2) is 0 Å². The summed E-state index contributed by atoms with van der Waals surface area (Å²) < 4.78 is 6.88. The highest BCUT2D eigenvalue weighted by atomic mass is 16.5. The van der Waals surface area contributed by atoms with Crippen LogP contribution in [0.5, 0.6) is 5.75 Å². The van der Waals surface area contributed by atoms with E-state index < -0.39 is 11.8 Å². The molecule has 1 aliphatic carbocycles. The lowest BCUT2D eigenvalue weighted by Gasteiger charge is -2.23. The normalized spacial score (nSPS) is 16.2.